The Balaban J connectivity index is 1.61. The largest absolute Gasteiger partial charge is 0.351 e. The molecule has 4 rings (SSSR count). The Morgan fingerprint density at radius 3 is 2.80 bits per heavy atom. The van der Waals surface area contributed by atoms with Crippen LogP contribution in [0.2, 0.25) is 0 Å². The van der Waals surface area contributed by atoms with E-state index >= 15 is 0 Å². The monoisotopic (exact) mass is 335 g/mol. The van der Waals surface area contributed by atoms with E-state index in [1.54, 1.807) is 6.20 Å². The number of hydrogen-bond acceptors (Lipinski definition) is 3. The second-order valence-electron chi connectivity index (χ2n) is 6.27. The minimum Gasteiger partial charge on any atom is -0.351 e. The van der Waals surface area contributed by atoms with Gasteiger partial charge in [0, 0.05) is 44.8 Å². The van der Waals surface area contributed by atoms with Crippen molar-refractivity contribution in [3.63, 3.8) is 0 Å². The molecule has 25 heavy (non-hydrogen) atoms. The van der Waals surface area contributed by atoms with Crippen LogP contribution in [0.3, 0.4) is 0 Å². The summed E-state index contributed by atoms with van der Waals surface area (Å²) in [5.74, 6) is 0.909. The highest BCUT2D eigenvalue weighted by Crippen LogP contribution is 2.24. The number of nitrogens with zero attached hydrogens (tertiary/aromatic N) is 3. The van der Waals surface area contributed by atoms with E-state index in [-0.39, 0.29) is 11.9 Å². The molecule has 6 heteroatoms. The molecule has 1 fully saturated rings. The van der Waals surface area contributed by atoms with Crippen LogP contribution >= 0.6 is 0 Å². The lowest BCUT2D eigenvalue weighted by molar-refractivity contribution is 0.0615. The lowest BCUT2D eigenvalue weighted by Crippen LogP contribution is -2.49. The van der Waals surface area contributed by atoms with E-state index in [9.17, 15) is 4.79 Å². The van der Waals surface area contributed by atoms with E-state index in [2.05, 4.69) is 15.3 Å². The van der Waals surface area contributed by atoms with E-state index in [0.29, 0.717) is 18.8 Å². The summed E-state index contributed by atoms with van der Waals surface area (Å²) in [6.45, 7) is 2.16. The van der Waals surface area contributed by atoms with Gasteiger partial charge in [-0.05, 0) is 17.7 Å². The van der Waals surface area contributed by atoms with Gasteiger partial charge in [-0.3, -0.25) is 4.79 Å². The second kappa shape index (κ2) is 6.57. The molecule has 0 saturated carbocycles. The van der Waals surface area contributed by atoms with E-state index in [4.69, 9.17) is 0 Å². The average Bonchev–Trinajstić information content (AvgIpc) is 3.31. The Morgan fingerprint density at radius 1 is 1.20 bits per heavy atom. The fraction of sp³-hybridized carbons (Fsp3) is 0.263. The molecule has 1 saturated heterocycles. The third-order valence-electron chi connectivity index (χ3n) is 4.66. The molecule has 128 valence electrons. The van der Waals surface area contributed by atoms with E-state index in [0.717, 1.165) is 23.6 Å². The fourth-order valence-electron chi connectivity index (χ4n) is 3.34. The summed E-state index contributed by atoms with van der Waals surface area (Å²) < 4.78 is 1.97. The number of aromatic amines is 1. The number of H-pyrrole nitrogens is 1. The number of hydrogen-bond donors (Lipinski definition) is 2. The molecule has 6 nitrogen and oxygen atoms in total. The zero-order chi connectivity index (χ0) is 17.2. The van der Waals surface area contributed by atoms with Gasteiger partial charge in [0.1, 0.15) is 17.6 Å². The first-order valence-corrected chi connectivity index (χ1v) is 8.47. The van der Waals surface area contributed by atoms with Crippen LogP contribution in [0, 0.1) is 0 Å². The molecule has 2 aromatic heterocycles. The second-order valence-corrected chi connectivity index (χ2v) is 6.27. The highest BCUT2D eigenvalue weighted by atomic mass is 16.2. The summed E-state index contributed by atoms with van der Waals surface area (Å²) >= 11 is 0. The fourth-order valence-corrected chi connectivity index (χ4v) is 3.34. The summed E-state index contributed by atoms with van der Waals surface area (Å²) in [6.07, 6.45) is 3.68. The number of aromatic nitrogens is 3. The molecule has 0 radical (unpaired) electrons. The minimum atomic E-state index is -0.0651. The number of carbonyl (C=O) groups is 1. The van der Waals surface area contributed by atoms with Crippen LogP contribution in [0.5, 0.6) is 0 Å². The topological polar surface area (TPSA) is 66.0 Å². The molecule has 1 aromatic carbocycles. The van der Waals surface area contributed by atoms with Gasteiger partial charge in [0.15, 0.2) is 0 Å². The third-order valence-corrected chi connectivity index (χ3v) is 4.66. The zero-order valence-electron chi connectivity index (χ0n) is 14.1. The van der Waals surface area contributed by atoms with Crippen molar-refractivity contribution < 1.29 is 4.79 Å². The van der Waals surface area contributed by atoms with Crippen molar-refractivity contribution in [3.8, 4) is 11.3 Å². The van der Waals surface area contributed by atoms with Crippen molar-refractivity contribution in [2.45, 2.75) is 6.04 Å². The van der Waals surface area contributed by atoms with Gasteiger partial charge in [-0.2, -0.15) is 0 Å². The van der Waals surface area contributed by atoms with Gasteiger partial charge < -0.3 is 19.8 Å². The number of carbonyl (C=O) groups excluding carboxylic acids is 1. The van der Waals surface area contributed by atoms with Crippen LogP contribution in [-0.2, 0) is 7.05 Å². The van der Waals surface area contributed by atoms with Gasteiger partial charge in [0.2, 0.25) is 0 Å². The van der Waals surface area contributed by atoms with Crippen LogP contribution in [0.4, 0.5) is 0 Å². The maximum atomic E-state index is 13.1. The van der Waals surface area contributed by atoms with Gasteiger partial charge in [-0.15, -0.1) is 0 Å². The minimum absolute atomic E-state index is 0.0108. The molecule has 2 N–H and O–H groups in total. The summed E-state index contributed by atoms with van der Waals surface area (Å²) in [6, 6.07) is 13.8. The number of imidazole rings is 1. The average molecular weight is 335 g/mol. The molecular weight excluding hydrogens is 314 g/mol. The van der Waals surface area contributed by atoms with Gasteiger partial charge in [0.05, 0.1) is 0 Å². The SMILES string of the molecule is Cn1ccnc1C1CNCCN1C(=O)c1ccc(-c2ccccc2)[nH]1. The predicted octanol–water partition coefficient (Wildman–Crippen LogP) is 2.20. The standard InChI is InChI=1S/C19H21N5O/c1-23-11-10-21-18(23)17-13-20-9-12-24(17)19(25)16-8-7-15(22-16)14-5-3-2-4-6-14/h2-8,10-11,17,20,22H,9,12-13H2,1H3. The van der Waals surface area contributed by atoms with Gasteiger partial charge in [-0.1, -0.05) is 30.3 Å². The number of aryl methyl sites for hydroxylation is 1. The van der Waals surface area contributed by atoms with Crippen LogP contribution in [-0.4, -0.2) is 45.0 Å². The Kier molecular flexibility index (Phi) is 4.11. The number of rotatable bonds is 3. The predicted molar refractivity (Wildman–Crippen MR) is 96.1 cm³/mol. The van der Waals surface area contributed by atoms with Crippen LogP contribution in [0.25, 0.3) is 11.3 Å². The molecule has 1 aliphatic rings. The van der Waals surface area contributed by atoms with Crippen molar-refractivity contribution in [3.05, 3.63) is 66.4 Å². The molecule has 0 spiro atoms. The Labute approximate surface area is 146 Å². The maximum absolute atomic E-state index is 13.1. The highest BCUT2D eigenvalue weighted by Gasteiger charge is 2.31. The molecule has 3 aromatic rings. The van der Waals surface area contributed by atoms with Gasteiger partial charge in [-0.25, -0.2) is 4.98 Å². The first kappa shape index (κ1) is 15.7. The van der Waals surface area contributed by atoms with E-state index in [1.165, 1.54) is 0 Å². The van der Waals surface area contributed by atoms with Crippen molar-refractivity contribution in [2.24, 2.45) is 7.05 Å². The van der Waals surface area contributed by atoms with E-state index < -0.39 is 0 Å². The number of piperazine rings is 1. The summed E-state index contributed by atoms with van der Waals surface area (Å²) in [5, 5.41) is 3.36. The van der Waals surface area contributed by atoms with Crippen LogP contribution < -0.4 is 5.32 Å². The molecular formula is C19H21N5O. The number of benzene rings is 1. The summed E-state index contributed by atoms with van der Waals surface area (Å²) in [7, 11) is 1.96. The molecule has 1 aliphatic heterocycles. The lowest BCUT2D eigenvalue weighted by atomic mass is 10.1. The number of amides is 1. The molecule has 1 unspecified atom stereocenters. The molecule has 3 heterocycles. The third kappa shape index (κ3) is 2.96. The Hall–Kier alpha value is -2.86. The normalized spacial score (nSPS) is 17.6. The van der Waals surface area contributed by atoms with E-state index in [1.807, 2.05) is 65.2 Å². The van der Waals surface area contributed by atoms with Crippen molar-refractivity contribution in [2.75, 3.05) is 19.6 Å². The van der Waals surface area contributed by atoms with Crippen LogP contribution in [0.1, 0.15) is 22.4 Å². The summed E-state index contributed by atoms with van der Waals surface area (Å²) in [5.41, 5.74) is 2.63. The first-order chi connectivity index (χ1) is 12.2. The van der Waals surface area contributed by atoms with Crippen LogP contribution in [0.15, 0.2) is 54.9 Å². The molecule has 1 amide bonds. The van der Waals surface area contributed by atoms with Crippen molar-refractivity contribution in [1.29, 1.82) is 0 Å². The van der Waals surface area contributed by atoms with Gasteiger partial charge in [0.25, 0.3) is 5.91 Å². The van der Waals surface area contributed by atoms with Crippen molar-refractivity contribution >= 4 is 5.91 Å². The molecule has 0 bridgehead atoms. The van der Waals surface area contributed by atoms with Gasteiger partial charge >= 0.3 is 0 Å². The highest BCUT2D eigenvalue weighted by molar-refractivity contribution is 5.93. The Bertz CT molecular complexity index is 867. The molecule has 0 aliphatic carbocycles. The summed E-state index contributed by atoms with van der Waals surface area (Å²) in [4.78, 5) is 22.7. The smallest absolute Gasteiger partial charge is 0.270 e. The maximum Gasteiger partial charge on any atom is 0.270 e. The first-order valence-electron chi connectivity index (χ1n) is 8.47. The quantitative estimate of drug-likeness (QED) is 0.771. The van der Waals surface area contributed by atoms with Crippen molar-refractivity contribution in [1.82, 2.24) is 24.8 Å². The zero-order valence-corrected chi connectivity index (χ0v) is 14.1. The Morgan fingerprint density at radius 2 is 2.04 bits per heavy atom. The number of nitrogens with one attached hydrogen (secondary N) is 2. The lowest BCUT2D eigenvalue weighted by Gasteiger charge is -2.35. The molecule has 1 atom stereocenters.